The first-order valence-corrected chi connectivity index (χ1v) is 6.00. The highest BCUT2D eigenvalue weighted by atomic mass is 19.1. The lowest BCUT2D eigenvalue weighted by molar-refractivity contribution is 0.0392. The number of anilines is 1. The van der Waals surface area contributed by atoms with Crippen LogP contribution in [0.2, 0.25) is 0 Å². The van der Waals surface area contributed by atoms with Gasteiger partial charge in [0.2, 0.25) is 0 Å². The molecule has 3 nitrogen and oxygen atoms in total. The smallest absolute Gasteiger partial charge is 0.125 e. The Hall–Kier alpha value is -1.13. The Kier molecular flexibility index (Phi) is 4.34. The van der Waals surface area contributed by atoms with Gasteiger partial charge in [0, 0.05) is 18.2 Å². The van der Waals surface area contributed by atoms with Crippen LogP contribution in [0.3, 0.4) is 0 Å². The summed E-state index contributed by atoms with van der Waals surface area (Å²) >= 11 is 0. The van der Waals surface area contributed by atoms with Gasteiger partial charge in [-0.05, 0) is 31.0 Å². The Morgan fingerprint density at radius 2 is 2.41 bits per heavy atom. The zero-order valence-electron chi connectivity index (χ0n) is 9.73. The molecule has 1 aliphatic rings. The molecule has 2 atom stereocenters. The molecule has 1 aliphatic heterocycles. The molecular formula is C13H18FNO2. The van der Waals surface area contributed by atoms with Crippen molar-refractivity contribution < 1.29 is 14.2 Å². The summed E-state index contributed by atoms with van der Waals surface area (Å²) in [6.45, 7) is 1.49. The van der Waals surface area contributed by atoms with Crippen LogP contribution in [-0.4, -0.2) is 31.0 Å². The van der Waals surface area contributed by atoms with Crippen molar-refractivity contribution in [2.75, 3.05) is 25.1 Å². The van der Waals surface area contributed by atoms with E-state index in [1.165, 1.54) is 12.1 Å². The molecular weight excluding hydrogens is 221 g/mol. The van der Waals surface area contributed by atoms with Gasteiger partial charge in [-0.25, -0.2) is 4.39 Å². The first kappa shape index (κ1) is 12.3. The number of rotatable bonds is 4. The summed E-state index contributed by atoms with van der Waals surface area (Å²) in [6.07, 6.45) is 2.06. The lowest BCUT2D eigenvalue weighted by atomic mass is 9.94. The van der Waals surface area contributed by atoms with E-state index in [1.807, 2.05) is 0 Å². The van der Waals surface area contributed by atoms with Crippen molar-refractivity contribution in [3.8, 4) is 0 Å². The topological polar surface area (TPSA) is 41.5 Å². The molecule has 2 N–H and O–H groups in total. The van der Waals surface area contributed by atoms with E-state index >= 15 is 0 Å². The molecule has 0 spiro atoms. The highest BCUT2D eigenvalue weighted by Gasteiger charge is 2.23. The van der Waals surface area contributed by atoms with Gasteiger partial charge in [-0.2, -0.15) is 0 Å². The van der Waals surface area contributed by atoms with Crippen LogP contribution in [0.25, 0.3) is 0 Å². The van der Waals surface area contributed by atoms with Crippen LogP contribution in [0.4, 0.5) is 10.1 Å². The molecule has 1 aromatic carbocycles. The fourth-order valence-electron chi connectivity index (χ4n) is 2.19. The van der Waals surface area contributed by atoms with E-state index in [-0.39, 0.29) is 24.4 Å². The van der Waals surface area contributed by atoms with Crippen LogP contribution in [0.1, 0.15) is 12.8 Å². The summed E-state index contributed by atoms with van der Waals surface area (Å²) < 4.78 is 18.4. The highest BCUT2D eigenvalue weighted by Crippen LogP contribution is 2.21. The highest BCUT2D eigenvalue weighted by molar-refractivity contribution is 5.44. The lowest BCUT2D eigenvalue weighted by Crippen LogP contribution is -2.37. The molecule has 0 aromatic heterocycles. The fourth-order valence-corrected chi connectivity index (χ4v) is 2.19. The molecule has 0 saturated carbocycles. The maximum Gasteiger partial charge on any atom is 0.125 e. The molecule has 1 saturated heterocycles. The van der Waals surface area contributed by atoms with Gasteiger partial charge in [-0.1, -0.05) is 6.07 Å². The fraction of sp³-hybridized carbons (Fsp3) is 0.538. The van der Waals surface area contributed by atoms with Gasteiger partial charge in [0.25, 0.3) is 0 Å². The van der Waals surface area contributed by atoms with Crippen LogP contribution in [0.5, 0.6) is 0 Å². The Morgan fingerprint density at radius 1 is 1.53 bits per heavy atom. The second-order valence-electron chi connectivity index (χ2n) is 4.42. The van der Waals surface area contributed by atoms with Crippen molar-refractivity contribution in [1.29, 1.82) is 0 Å². The molecule has 1 heterocycles. The van der Waals surface area contributed by atoms with Gasteiger partial charge in [0.1, 0.15) is 5.82 Å². The minimum absolute atomic E-state index is 0.0323. The number of hydrogen-bond acceptors (Lipinski definition) is 3. The van der Waals surface area contributed by atoms with Crippen molar-refractivity contribution >= 4 is 5.69 Å². The van der Waals surface area contributed by atoms with Crippen LogP contribution in [-0.2, 0) is 4.74 Å². The number of halogens is 1. The lowest BCUT2D eigenvalue weighted by Gasteiger charge is -2.30. The molecule has 4 heteroatoms. The van der Waals surface area contributed by atoms with Crippen molar-refractivity contribution in [2.24, 2.45) is 5.92 Å². The number of benzene rings is 1. The Labute approximate surface area is 101 Å². The van der Waals surface area contributed by atoms with E-state index < -0.39 is 0 Å². The van der Waals surface area contributed by atoms with Gasteiger partial charge in [0.15, 0.2) is 0 Å². The van der Waals surface area contributed by atoms with Crippen LogP contribution in [0.15, 0.2) is 24.3 Å². The maximum atomic E-state index is 13.0. The van der Waals surface area contributed by atoms with Crippen molar-refractivity contribution in [2.45, 2.75) is 18.9 Å². The zero-order chi connectivity index (χ0) is 12.1. The average Bonchev–Trinajstić information content (AvgIpc) is 2.37. The Bertz CT molecular complexity index is 353. The first-order chi connectivity index (χ1) is 8.29. The van der Waals surface area contributed by atoms with E-state index in [0.29, 0.717) is 12.3 Å². The monoisotopic (exact) mass is 239 g/mol. The molecule has 94 valence electrons. The quantitative estimate of drug-likeness (QED) is 0.844. The molecule has 1 aromatic rings. The van der Waals surface area contributed by atoms with Gasteiger partial charge in [-0.3, -0.25) is 0 Å². The summed E-state index contributed by atoms with van der Waals surface area (Å²) in [4.78, 5) is 0. The minimum atomic E-state index is -0.272. The third-order valence-electron chi connectivity index (χ3n) is 3.14. The number of nitrogens with one attached hydrogen (secondary N) is 1. The third-order valence-corrected chi connectivity index (χ3v) is 3.14. The molecule has 2 unspecified atom stereocenters. The largest absolute Gasteiger partial charge is 0.394 e. The second kappa shape index (κ2) is 5.98. The van der Waals surface area contributed by atoms with Crippen molar-refractivity contribution in [3.63, 3.8) is 0 Å². The van der Waals surface area contributed by atoms with Gasteiger partial charge in [0.05, 0.1) is 19.3 Å². The van der Waals surface area contributed by atoms with E-state index in [0.717, 1.165) is 19.4 Å². The van der Waals surface area contributed by atoms with E-state index in [2.05, 4.69) is 5.32 Å². The van der Waals surface area contributed by atoms with E-state index in [9.17, 15) is 9.50 Å². The minimum Gasteiger partial charge on any atom is -0.394 e. The van der Waals surface area contributed by atoms with Gasteiger partial charge < -0.3 is 15.2 Å². The summed E-state index contributed by atoms with van der Waals surface area (Å²) in [5, 5.41) is 12.6. The maximum absolute atomic E-state index is 13.0. The summed E-state index contributed by atoms with van der Waals surface area (Å²) in [7, 11) is 0. The zero-order valence-corrected chi connectivity index (χ0v) is 9.73. The SMILES string of the molecule is OCC(Nc1cccc(F)c1)C1CCCOC1. The van der Waals surface area contributed by atoms with E-state index in [1.54, 1.807) is 12.1 Å². The molecule has 0 aliphatic carbocycles. The molecule has 2 rings (SSSR count). The number of hydrogen-bond donors (Lipinski definition) is 2. The van der Waals surface area contributed by atoms with Crippen LogP contribution < -0.4 is 5.32 Å². The first-order valence-electron chi connectivity index (χ1n) is 6.00. The summed E-state index contributed by atoms with van der Waals surface area (Å²) in [6, 6.07) is 6.23. The van der Waals surface area contributed by atoms with Gasteiger partial charge in [-0.15, -0.1) is 0 Å². The second-order valence-corrected chi connectivity index (χ2v) is 4.42. The van der Waals surface area contributed by atoms with Gasteiger partial charge >= 0.3 is 0 Å². The molecule has 0 amide bonds. The number of aliphatic hydroxyl groups is 1. The molecule has 0 radical (unpaired) electrons. The molecule has 0 bridgehead atoms. The Morgan fingerprint density at radius 3 is 3.06 bits per heavy atom. The van der Waals surface area contributed by atoms with E-state index in [4.69, 9.17) is 4.74 Å². The predicted octanol–water partition coefficient (Wildman–Crippen LogP) is 2.03. The normalized spacial score (nSPS) is 22.1. The molecule has 17 heavy (non-hydrogen) atoms. The third kappa shape index (κ3) is 3.41. The standard InChI is InChI=1S/C13H18FNO2/c14-11-4-1-5-12(7-11)15-13(8-16)10-3-2-6-17-9-10/h1,4-5,7,10,13,15-16H,2-3,6,8-9H2. The average molecular weight is 239 g/mol. The predicted molar refractivity (Wildman–Crippen MR) is 64.4 cm³/mol. The summed E-state index contributed by atoms with van der Waals surface area (Å²) in [5.41, 5.74) is 0.703. The van der Waals surface area contributed by atoms with Crippen molar-refractivity contribution in [3.05, 3.63) is 30.1 Å². The number of aliphatic hydroxyl groups excluding tert-OH is 1. The number of ether oxygens (including phenoxy) is 1. The Balaban J connectivity index is 1.98. The van der Waals surface area contributed by atoms with Crippen LogP contribution in [0, 0.1) is 11.7 Å². The van der Waals surface area contributed by atoms with Crippen molar-refractivity contribution in [1.82, 2.24) is 0 Å². The van der Waals surface area contributed by atoms with Crippen LogP contribution >= 0.6 is 0 Å². The molecule has 1 fully saturated rings. The summed E-state index contributed by atoms with van der Waals surface area (Å²) in [5.74, 6) is 0.0172.